The smallest absolute Gasteiger partial charge is 0.310 e. The van der Waals surface area contributed by atoms with Crippen LogP contribution in [0.25, 0.3) is 0 Å². The minimum absolute atomic E-state index is 0.0607. The fourth-order valence-corrected chi connectivity index (χ4v) is 3.76. The second-order valence-corrected chi connectivity index (χ2v) is 7.99. The number of rotatable bonds is 7. The molecule has 1 aromatic carbocycles. The molecule has 1 amide bonds. The summed E-state index contributed by atoms with van der Waals surface area (Å²) in [6, 6.07) is 5.99. The monoisotopic (exact) mass is 335 g/mol. The number of carbonyl (C=O) groups excluding carboxylic acids is 1. The van der Waals surface area contributed by atoms with Crippen LogP contribution in [0.15, 0.2) is 23.1 Å². The molecule has 1 atom stereocenters. The number of anilines is 1. The van der Waals surface area contributed by atoms with Gasteiger partial charge < -0.3 is 10.4 Å². The summed E-state index contributed by atoms with van der Waals surface area (Å²) in [6.45, 7) is 6.32. The zero-order valence-corrected chi connectivity index (χ0v) is 14.8. The molecule has 2 rings (SSSR count). The van der Waals surface area contributed by atoms with Gasteiger partial charge in [0.25, 0.3) is 0 Å². The highest BCUT2D eigenvalue weighted by atomic mass is 32.2. The first-order valence-electron chi connectivity index (χ1n) is 8.17. The molecule has 1 unspecified atom stereocenters. The Labute approximate surface area is 142 Å². The largest absolute Gasteiger partial charge is 0.481 e. The van der Waals surface area contributed by atoms with Crippen molar-refractivity contribution in [2.24, 2.45) is 5.41 Å². The Morgan fingerprint density at radius 2 is 2.09 bits per heavy atom. The number of carboxylic acid groups (broad SMARTS) is 1. The van der Waals surface area contributed by atoms with Gasteiger partial charge in [0.15, 0.2) is 0 Å². The lowest BCUT2D eigenvalue weighted by Gasteiger charge is -2.36. The Bertz CT molecular complexity index is 596. The zero-order chi connectivity index (χ0) is 17.0. The first kappa shape index (κ1) is 17.9. The third-order valence-electron chi connectivity index (χ3n) is 4.65. The Morgan fingerprint density at radius 1 is 1.39 bits per heavy atom. The van der Waals surface area contributed by atoms with Gasteiger partial charge in [-0.2, -0.15) is 0 Å². The second-order valence-electron chi connectivity index (χ2n) is 6.48. The molecule has 1 aliphatic carbocycles. The van der Waals surface area contributed by atoms with E-state index >= 15 is 0 Å². The molecule has 2 N–H and O–H groups in total. The summed E-state index contributed by atoms with van der Waals surface area (Å²) in [5.41, 5.74) is 0.928. The van der Waals surface area contributed by atoms with Gasteiger partial charge in [0, 0.05) is 22.3 Å². The highest BCUT2D eigenvalue weighted by molar-refractivity contribution is 7.99. The standard InChI is InChI=1S/C18H25NO3S/c1-4-13(3)23-14-6-7-15(12(2)10-14)19-16(20)11-18(17(21)22)8-5-9-18/h6-7,10,13H,4-5,8-9,11H2,1-3H3,(H,19,20)(H,21,22). The summed E-state index contributed by atoms with van der Waals surface area (Å²) < 4.78 is 0. The molecular weight excluding hydrogens is 310 g/mol. The topological polar surface area (TPSA) is 66.4 Å². The maximum Gasteiger partial charge on any atom is 0.310 e. The van der Waals surface area contributed by atoms with E-state index in [9.17, 15) is 14.7 Å². The van der Waals surface area contributed by atoms with Crippen molar-refractivity contribution in [1.82, 2.24) is 0 Å². The van der Waals surface area contributed by atoms with E-state index in [0.29, 0.717) is 18.1 Å². The molecule has 0 heterocycles. The Hall–Kier alpha value is -1.49. The SMILES string of the molecule is CCC(C)Sc1ccc(NC(=O)CC2(C(=O)O)CCC2)c(C)c1. The number of carboxylic acids is 1. The van der Waals surface area contributed by atoms with Gasteiger partial charge in [0.05, 0.1) is 5.41 Å². The van der Waals surface area contributed by atoms with Crippen molar-refractivity contribution in [3.8, 4) is 0 Å². The average molecular weight is 335 g/mol. The van der Waals surface area contributed by atoms with Crippen LogP contribution in [0, 0.1) is 12.3 Å². The molecule has 0 aromatic heterocycles. The molecule has 4 nitrogen and oxygen atoms in total. The number of aliphatic carboxylic acids is 1. The van der Waals surface area contributed by atoms with E-state index in [2.05, 4.69) is 25.2 Å². The molecule has 0 bridgehead atoms. The minimum atomic E-state index is -0.851. The van der Waals surface area contributed by atoms with Crippen molar-refractivity contribution >= 4 is 29.3 Å². The van der Waals surface area contributed by atoms with Crippen LogP contribution < -0.4 is 5.32 Å². The Morgan fingerprint density at radius 3 is 2.57 bits per heavy atom. The molecule has 23 heavy (non-hydrogen) atoms. The first-order chi connectivity index (χ1) is 10.9. The quantitative estimate of drug-likeness (QED) is 0.722. The summed E-state index contributed by atoms with van der Waals surface area (Å²) in [5.74, 6) is -1.06. The van der Waals surface area contributed by atoms with Crippen molar-refractivity contribution in [3.05, 3.63) is 23.8 Å². The fourth-order valence-electron chi connectivity index (χ4n) is 2.74. The van der Waals surface area contributed by atoms with Crippen LogP contribution in [0.3, 0.4) is 0 Å². The van der Waals surface area contributed by atoms with Crippen LogP contribution in [0.1, 0.15) is 51.5 Å². The van der Waals surface area contributed by atoms with Crippen molar-refractivity contribution < 1.29 is 14.7 Å². The van der Waals surface area contributed by atoms with E-state index < -0.39 is 11.4 Å². The number of benzene rings is 1. The van der Waals surface area contributed by atoms with Crippen LogP contribution in [0.5, 0.6) is 0 Å². The summed E-state index contributed by atoms with van der Waals surface area (Å²) in [5, 5.41) is 12.7. The summed E-state index contributed by atoms with van der Waals surface area (Å²) in [4.78, 5) is 24.7. The predicted octanol–water partition coefficient (Wildman–Crippen LogP) is 4.47. The van der Waals surface area contributed by atoms with Crippen LogP contribution in [-0.2, 0) is 9.59 Å². The summed E-state index contributed by atoms with van der Waals surface area (Å²) >= 11 is 1.82. The van der Waals surface area contributed by atoms with Crippen molar-refractivity contribution in [2.45, 2.75) is 63.0 Å². The van der Waals surface area contributed by atoms with E-state index in [4.69, 9.17) is 0 Å². The molecule has 0 spiro atoms. The van der Waals surface area contributed by atoms with Gasteiger partial charge in [-0.15, -0.1) is 11.8 Å². The lowest BCUT2D eigenvalue weighted by molar-refractivity contribution is -0.157. The molecule has 1 aliphatic rings. The maximum absolute atomic E-state index is 12.2. The van der Waals surface area contributed by atoms with Gasteiger partial charge in [0.2, 0.25) is 5.91 Å². The lowest BCUT2D eigenvalue weighted by atomic mass is 9.66. The number of amides is 1. The molecule has 5 heteroatoms. The Balaban J connectivity index is 2.00. The van der Waals surface area contributed by atoms with Crippen molar-refractivity contribution in [2.75, 3.05) is 5.32 Å². The van der Waals surface area contributed by atoms with E-state index in [1.165, 1.54) is 4.90 Å². The number of hydrogen-bond acceptors (Lipinski definition) is 3. The predicted molar refractivity (Wildman–Crippen MR) is 94.0 cm³/mol. The molecule has 1 fully saturated rings. The summed E-state index contributed by atoms with van der Waals surface area (Å²) in [7, 11) is 0. The maximum atomic E-state index is 12.2. The van der Waals surface area contributed by atoms with Crippen molar-refractivity contribution in [3.63, 3.8) is 0 Å². The average Bonchev–Trinajstić information content (AvgIpc) is 2.45. The van der Waals surface area contributed by atoms with Crippen LogP contribution >= 0.6 is 11.8 Å². The van der Waals surface area contributed by atoms with Crippen LogP contribution in [-0.4, -0.2) is 22.2 Å². The van der Waals surface area contributed by atoms with E-state index in [0.717, 1.165) is 24.1 Å². The Kier molecular flexibility index (Phi) is 5.74. The molecule has 1 aromatic rings. The molecule has 1 saturated carbocycles. The third-order valence-corrected chi connectivity index (χ3v) is 5.91. The van der Waals surface area contributed by atoms with Gasteiger partial charge in [-0.05, 0) is 49.9 Å². The summed E-state index contributed by atoms with van der Waals surface area (Å²) in [6.07, 6.45) is 3.25. The second kappa shape index (κ2) is 7.39. The number of hydrogen-bond donors (Lipinski definition) is 2. The molecular formula is C18H25NO3S. The van der Waals surface area contributed by atoms with Gasteiger partial charge in [-0.3, -0.25) is 9.59 Å². The number of carbonyl (C=O) groups is 2. The number of thioether (sulfide) groups is 1. The normalized spacial score (nSPS) is 17.2. The first-order valence-corrected chi connectivity index (χ1v) is 9.05. The molecule has 0 radical (unpaired) electrons. The lowest BCUT2D eigenvalue weighted by Crippen LogP contribution is -2.41. The minimum Gasteiger partial charge on any atom is -0.481 e. The van der Waals surface area contributed by atoms with E-state index in [1.54, 1.807) is 0 Å². The number of nitrogens with one attached hydrogen (secondary N) is 1. The fraction of sp³-hybridized carbons (Fsp3) is 0.556. The molecule has 0 aliphatic heterocycles. The van der Waals surface area contributed by atoms with E-state index in [1.807, 2.05) is 30.8 Å². The highest BCUT2D eigenvalue weighted by Crippen LogP contribution is 2.44. The van der Waals surface area contributed by atoms with Gasteiger partial charge in [-0.25, -0.2) is 0 Å². The highest BCUT2D eigenvalue weighted by Gasteiger charge is 2.45. The van der Waals surface area contributed by atoms with Crippen LogP contribution in [0.4, 0.5) is 5.69 Å². The van der Waals surface area contributed by atoms with Crippen molar-refractivity contribution in [1.29, 1.82) is 0 Å². The molecule has 0 saturated heterocycles. The van der Waals surface area contributed by atoms with Gasteiger partial charge >= 0.3 is 5.97 Å². The third kappa shape index (κ3) is 4.28. The van der Waals surface area contributed by atoms with Crippen LogP contribution in [0.2, 0.25) is 0 Å². The van der Waals surface area contributed by atoms with Gasteiger partial charge in [0.1, 0.15) is 0 Å². The van der Waals surface area contributed by atoms with Gasteiger partial charge in [-0.1, -0.05) is 20.3 Å². The number of aryl methyl sites for hydroxylation is 1. The zero-order valence-electron chi connectivity index (χ0n) is 14.0. The molecule has 126 valence electrons. The van der Waals surface area contributed by atoms with E-state index in [-0.39, 0.29) is 12.3 Å².